The van der Waals surface area contributed by atoms with Gasteiger partial charge in [-0.15, -0.1) is 0 Å². The summed E-state index contributed by atoms with van der Waals surface area (Å²) < 4.78 is 10.7. The highest BCUT2D eigenvalue weighted by molar-refractivity contribution is 5.28. The molecule has 0 heterocycles. The van der Waals surface area contributed by atoms with E-state index in [1.54, 1.807) is 7.11 Å². The molecule has 0 unspecified atom stereocenters. The third-order valence-electron chi connectivity index (χ3n) is 4.50. The van der Waals surface area contributed by atoms with Crippen molar-refractivity contribution in [2.45, 2.75) is 45.2 Å². The smallest absolute Gasteiger partial charge is 0.119 e. The SMILES string of the molecule is COCCOc1cccc(CN(C)C2CCC(C)CC2)c1. The lowest BCUT2D eigenvalue weighted by molar-refractivity contribution is 0.146. The maximum Gasteiger partial charge on any atom is 0.119 e. The van der Waals surface area contributed by atoms with E-state index in [-0.39, 0.29) is 0 Å². The molecule has 1 saturated carbocycles. The summed E-state index contributed by atoms with van der Waals surface area (Å²) >= 11 is 0. The lowest BCUT2D eigenvalue weighted by Gasteiger charge is -2.33. The Hall–Kier alpha value is -1.06. The summed E-state index contributed by atoms with van der Waals surface area (Å²) in [5.41, 5.74) is 1.33. The van der Waals surface area contributed by atoms with Crippen LogP contribution in [0.25, 0.3) is 0 Å². The number of ether oxygens (including phenoxy) is 2. The van der Waals surface area contributed by atoms with Crippen molar-refractivity contribution in [3.63, 3.8) is 0 Å². The highest BCUT2D eigenvalue weighted by atomic mass is 16.5. The topological polar surface area (TPSA) is 21.7 Å². The van der Waals surface area contributed by atoms with E-state index in [1.165, 1.54) is 31.2 Å². The van der Waals surface area contributed by atoms with E-state index in [1.807, 2.05) is 6.07 Å². The molecule has 3 nitrogen and oxygen atoms in total. The van der Waals surface area contributed by atoms with Crippen molar-refractivity contribution in [2.24, 2.45) is 5.92 Å². The quantitative estimate of drug-likeness (QED) is 0.715. The summed E-state index contributed by atoms with van der Waals surface area (Å²) in [5.74, 6) is 1.85. The van der Waals surface area contributed by atoms with Crippen molar-refractivity contribution in [1.82, 2.24) is 4.90 Å². The third-order valence-corrected chi connectivity index (χ3v) is 4.50. The molecule has 1 aliphatic rings. The Bertz CT molecular complexity index is 413. The number of methoxy groups -OCH3 is 1. The lowest BCUT2D eigenvalue weighted by Crippen LogP contribution is -2.34. The molecule has 0 aliphatic heterocycles. The minimum absolute atomic E-state index is 0.607. The Kier molecular flexibility index (Phi) is 6.52. The standard InChI is InChI=1S/C18H29NO2/c1-15-7-9-17(10-8-15)19(2)14-16-5-4-6-18(13-16)21-12-11-20-3/h4-6,13,15,17H,7-12,14H2,1-3H3. The van der Waals surface area contributed by atoms with E-state index >= 15 is 0 Å². The normalized spacial score (nSPS) is 22.5. The van der Waals surface area contributed by atoms with Gasteiger partial charge in [0.05, 0.1) is 6.61 Å². The van der Waals surface area contributed by atoms with Crippen LogP contribution in [0.5, 0.6) is 5.75 Å². The highest BCUT2D eigenvalue weighted by Gasteiger charge is 2.21. The Morgan fingerprint density at radius 1 is 1.14 bits per heavy atom. The molecule has 1 aromatic rings. The van der Waals surface area contributed by atoms with Crippen LogP contribution in [0.15, 0.2) is 24.3 Å². The van der Waals surface area contributed by atoms with Gasteiger partial charge < -0.3 is 9.47 Å². The van der Waals surface area contributed by atoms with E-state index in [0.29, 0.717) is 13.2 Å². The van der Waals surface area contributed by atoms with Gasteiger partial charge in [-0.05, 0) is 56.3 Å². The molecule has 0 N–H and O–H groups in total. The van der Waals surface area contributed by atoms with Crippen LogP contribution < -0.4 is 4.74 Å². The molecule has 0 radical (unpaired) electrons. The fraction of sp³-hybridized carbons (Fsp3) is 0.667. The molecule has 2 rings (SSSR count). The maximum atomic E-state index is 5.68. The number of hydrogen-bond donors (Lipinski definition) is 0. The van der Waals surface area contributed by atoms with E-state index in [2.05, 4.69) is 37.1 Å². The van der Waals surface area contributed by atoms with Gasteiger partial charge >= 0.3 is 0 Å². The predicted octanol–water partition coefficient (Wildman–Crippen LogP) is 3.72. The van der Waals surface area contributed by atoms with E-state index < -0.39 is 0 Å². The zero-order valence-electron chi connectivity index (χ0n) is 13.7. The monoisotopic (exact) mass is 291 g/mol. The van der Waals surface area contributed by atoms with Gasteiger partial charge in [0.15, 0.2) is 0 Å². The Morgan fingerprint density at radius 2 is 1.90 bits per heavy atom. The minimum Gasteiger partial charge on any atom is -0.491 e. The maximum absolute atomic E-state index is 5.68. The van der Waals surface area contributed by atoms with Gasteiger partial charge in [-0.2, -0.15) is 0 Å². The molecular formula is C18H29NO2. The van der Waals surface area contributed by atoms with Crippen LogP contribution in [0.1, 0.15) is 38.2 Å². The Labute approximate surface area is 129 Å². The zero-order valence-corrected chi connectivity index (χ0v) is 13.7. The summed E-state index contributed by atoms with van der Waals surface area (Å²) in [5, 5.41) is 0. The van der Waals surface area contributed by atoms with Crippen molar-refractivity contribution in [2.75, 3.05) is 27.4 Å². The summed E-state index contributed by atoms with van der Waals surface area (Å²) in [6, 6.07) is 9.16. The van der Waals surface area contributed by atoms with Crippen molar-refractivity contribution < 1.29 is 9.47 Å². The van der Waals surface area contributed by atoms with Crippen molar-refractivity contribution >= 4 is 0 Å². The van der Waals surface area contributed by atoms with Crippen LogP contribution in [-0.4, -0.2) is 38.3 Å². The number of benzene rings is 1. The number of nitrogens with zero attached hydrogens (tertiary/aromatic N) is 1. The molecule has 0 aromatic heterocycles. The van der Waals surface area contributed by atoms with Crippen LogP contribution in [0.2, 0.25) is 0 Å². The van der Waals surface area contributed by atoms with Gasteiger partial charge in [-0.25, -0.2) is 0 Å². The summed E-state index contributed by atoms with van der Waals surface area (Å²) in [6.07, 6.45) is 5.41. The fourth-order valence-electron chi connectivity index (χ4n) is 3.08. The molecule has 118 valence electrons. The molecule has 3 heteroatoms. The summed E-state index contributed by atoms with van der Waals surface area (Å²) in [6.45, 7) is 4.61. The van der Waals surface area contributed by atoms with Crippen molar-refractivity contribution in [1.29, 1.82) is 0 Å². The molecule has 21 heavy (non-hydrogen) atoms. The van der Waals surface area contributed by atoms with E-state index in [9.17, 15) is 0 Å². The van der Waals surface area contributed by atoms with Crippen molar-refractivity contribution in [3.8, 4) is 5.75 Å². The zero-order chi connectivity index (χ0) is 15.1. The van der Waals surface area contributed by atoms with Crippen LogP contribution in [0, 0.1) is 5.92 Å². The van der Waals surface area contributed by atoms with Gasteiger partial charge in [0.2, 0.25) is 0 Å². The summed E-state index contributed by atoms with van der Waals surface area (Å²) in [7, 11) is 3.94. The van der Waals surface area contributed by atoms with Crippen LogP contribution in [0.4, 0.5) is 0 Å². The van der Waals surface area contributed by atoms with Crippen molar-refractivity contribution in [3.05, 3.63) is 29.8 Å². The molecular weight excluding hydrogens is 262 g/mol. The van der Waals surface area contributed by atoms with Gasteiger partial charge in [0, 0.05) is 19.7 Å². The first kappa shape index (κ1) is 16.3. The molecule has 1 fully saturated rings. The van der Waals surface area contributed by atoms with Gasteiger partial charge in [-0.1, -0.05) is 19.1 Å². The second-order valence-corrected chi connectivity index (χ2v) is 6.32. The third kappa shape index (κ3) is 5.33. The average molecular weight is 291 g/mol. The highest BCUT2D eigenvalue weighted by Crippen LogP contribution is 2.27. The molecule has 0 spiro atoms. The number of rotatable bonds is 7. The Balaban J connectivity index is 1.85. The molecule has 0 bridgehead atoms. The van der Waals surface area contributed by atoms with Gasteiger partial charge in [-0.3, -0.25) is 4.90 Å². The van der Waals surface area contributed by atoms with E-state index in [4.69, 9.17) is 9.47 Å². The molecule has 1 aliphatic carbocycles. The Morgan fingerprint density at radius 3 is 2.62 bits per heavy atom. The van der Waals surface area contributed by atoms with Crippen LogP contribution in [0.3, 0.4) is 0 Å². The molecule has 0 amide bonds. The molecule has 0 atom stereocenters. The van der Waals surface area contributed by atoms with Crippen LogP contribution >= 0.6 is 0 Å². The van der Waals surface area contributed by atoms with Gasteiger partial charge in [0.1, 0.15) is 12.4 Å². The second kappa shape index (κ2) is 8.40. The minimum atomic E-state index is 0.607. The largest absolute Gasteiger partial charge is 0.491 e. The van der Waals surface area contributed by atoms with Crippen LogP contribution in [-0.2, 0) is 11.3 Å². The lowest BCUT2D eigenvalue weighted by atomic mass is 9.86. The van der Waals surface area contributed by atoms with E-state index in [0.717, 1.165) is 24.3 Å². The molecule has 1 aromatic carbocycles. The fourth-order valence-corrected chi connectivity index (χ4v) is 3.08. The summed E-state index contributed by atoms with van der Waals surface area (Å²) in [4.78, 5) is 2.50. The first-order valence-corrected chi connectivity index (χ1v) is 8.10. The second-order valence-electron chi connectivity index (χ2n) is 6.32. The predicted molar refractivity (Wildman–Crippen MR) is 86.7 cm³/mol. The first-order valence-electron chi connectivity index (χ1n) is 8.10. The average Bonchev–Trinajstić information content (AvgIpc) is 2.48. The molecule has 0 saturated heterocycles. The first-order chi connectivity index (χ1) is 10.2. The number of hydrogen-bond acceptors (Lipinski definition) is 3. The van der Waals surface area contributed by atoms with Gasteiger partial charge in [0.25, 0.3) is 0 Å².